The van der Waals surface area contributed by atoms with Gasteiger partial charge in [0.25, 0.3) is 0 Å². The quantitative estimate of drug-likeness (QED) is 0.416. The van der Waals surface area contributed by atoms with Crippen LogP contribution in [0.2, 0.25) is 0 Å². The van der Waals surface area contributed by atoms with Crippen LogP contribution in [0.15, 0.2) is 23.2 Å². The van der Waals surface area contributed by atoms with E-state index in [4.69, 9.17) is 16.9 Å². The molecule has 0 spiro atoms. The number of aliphatic imine (C=N–C) groups is 1. The molecule has 0 aliphatic heterocycles. The van der Waals surface area contributed by atoms with Crippen molar-refractivity contribution < 1.29 is 0 Å². The van der Waals surface area contributed by atoms with Crippen molar-refractivity contribution >= 4 is 22.6 Å². The second kappa shape index (κ2) is 4.81. The Morgan fingerprint density at radius 3 is 2.67 bits per heavy atom. The third kappa shape index (κ3) is 2.97. The highest BCUT2D eigenvalue weighted by molar-refractivity contribution is 6.64. The minimum absolute atomic E-state index is 0.358. The SMILES string of the molecule is Cc1ccc(C#N)c(N=C(Cl)N(C)C)c1. The number of hydrogen-bond donors (Lipinski definition) is 0. The molecule has 0 atom stereocenters. The molecule has 0 saturated heterocycles. The molecule has 78 valence electrons. The van der Waals surface area contributed by atoms with Crippen LogP contribution in [0, 0.1) is 18.3 Å². The molecule has 0 aliphatic carbocycles. The Bertz CT molecular complexity index is 430. The van der Waals surface area contributed by atoms with E-state index >= 15 is 0 Å². The zero-order chi connectivity index (χ0) is 11.4. The first-order chi connectivity index (χ1) is 7.04. The summed E-state index contributed by atoms with van der Waals surface area (Å²) in [5, 5.41) is 9.24. The van der Waals surface area contributed by atoms with Crippen LogP contribution >= 0.6 is 11.6 Å². The summed E-state index contributed by atoms with van der Waals surface area (Å²) in [6.07, 6.45) is 0. The Hall–Kier alpha value is -1.53. The number of halogens is 1. The topological polar surface area (TPSA) is 39.4 Å². The molecular weight excluding hydrogens is 210 g/mol. The van der Waals surface area contributed by atoms with Gasteiger partial charge in [0, 0.05) is 14.1 Å². The fourth-order valence-electron chi connectivity index (χ4n) is 1.03. The van der Waals surface area contributed by atoms with Crippen LogP contribution in [0.4, 0.5) is 5.69 Å². The average Bonchev–Trinajstić information content (AvgIpc) is 2.18. The molecule has 0 fully saturated rings. The normalized spacial score (nSPS) is 11.0. The number of rotatable bonds is 1. The predicted molar refractivity (Wildman–Crippen MR) is 62.5 cm³/mol. The van der Waals surface area contributed by atoms with Gasteiger partial charge < -0.3 is 4.90 Å². The molecule has 1 rings (SSSR count). The summed E-state index contributed by atoms with van der Waals surface area (Å²) in [6, 6.07) is 7.54. The van der Waals surface area contributed by atoms with Gasteiger partial charge in [0.05, 0.1) is 11.3 Å². The lowest BCUT2D eigenvalue weighted by molar-refractivity contribution is 0.635. The molecule has 1 aromatic carbocycles. The Labute approximate surface area is 94.6 Å². The number of hydrogen-bond acceptors (Lipinski definition) is 2. The van der Waals surface area contributed by atoms with E-state index < -0.39 is 0 Å². The van der Waals surface area contributed by atoms with Gasteiger partial charge in [-0.1, -0.05) is 6.07 Å². The van der Waals surface area contributed by atoms with Crippen LogP contribution < -0.4 is 0 Å². The molecule has 0 saturated carbocycles. The molecule has 15 heavy (non-hydrogen) atoms. The number of nitriles is 1. The van der Waals surface area contributed by atoms with Crippen LogP contribution in [-0.2, 0) is 0 Å². The monoisotopic (exact) mass is 221 g/mol. The van der Waals surface area contributed by atoms with E-state index in [0.29, 0.717) is 16.5 Å². The third-order valence-corrected chi connectivity index (χ3v) is 2.28. The van der Waals surface area contributed by atoms with E-state index in [0.717, 1.165) is 5.56 Å². The summed E-state index contributed by atoms with van der Waals surface area (Å²) in [6.45, 7) is 1.95. The van der Waals surface area contributed by atoms with Crippen molar-refractivity contribution in [2.45, 2.75) is 6.92 Å². The largest absolute Gasteiger partial charge is 0.353 e. The third-order valence-electron chi connectivity index (χ3n) is 1.86. The van der Waals surface area contributed by atoms with Crippen molar-refractivity contribution in [2.24, 2.45) is 4.99 Å². The van der Waals surface area contributed by atoms with Gasteiger partial charge in [0.15, 0.2) is 5.29 Å². The zero-order valence-corrected chi connectivity index (χ0v) is 9.71. The van der Waals surface area contributed by atoms with Crippen LogP contribution in [-0.4, -0.2) is 24.3 Å². The molecule has 0 N–H and O–H groups in total. The maximum atomic E-state index is 8.88. The Morgan fingerprint density at radius 2 is 2.13 bits per heavy atom. The summed E-state index contributed by atoms with van der Waals surface area (Å²) in [7, 11) is 3.60. The van der Waals surface area contributed by atoms with Crippen molar-refractivity contribution in [3.63, 3.8) is 0 Å². The van der Waals surface area contributed by atoms with Crippen LogP contribution in [0.25, 0.3) is 0 Å². The molecule has 1 aromatic rings. The minimum atomic E-state index is 0.358. The summed E-state index contributed by atoms with van der Waals surface area (Å²) in [4.78, 5) is 5.86. The van der Waals surface area contributed by atoms with Crippen molar-refractivity contribution in [3.8, 4) is 6.07 Å². The van der Waals surface area contributed by atoms with Crippen molar-refractivity contribution in [3.05, 3.63) is 29.3 Å². The predicted octanol–water partition coefficient (Wildman–Crippen LogP) is 2.65. The highest BCUT2D eigenvalue weighted by Gasteiger charge is 2.03. The van der Waals surface area contributed by atoms with Crippen LogP contribution in [0.5, 0.6) is 0 Å². The van der Waals surface area contributed by atoms with Gasteiger partial charge in [0.2, 0.25) is 0 Å². The van der Waals surface area contributed by atoms with Gasteiger partial charge in [0.1, 0.15) is 6.07 Å². The van der Waals surface area contributed by atoms with Gasteiger partial charge in [-0.2, -0.15) is 5.26 Å². The standard InChI is InChI=1S/C11H12ClN3/c1-8-4-5-9(7-13)10(6-8)14-11(12)15(2)3/h4-6H,1-3H3. The lowest BCUT2D eigenvalue weighted by Crippen LogP contribution is -2.15. The molecule has 0 radical (unpaired) electrons. The van der Waals surface area contributed by atoms with Gasteiger partial charge in [-0.15, -0.1) is 0 Å². The number of aryl methyl sites for hydroxylation is 1. The second-order valence-corrected chi connectivity index (χ2v) is 3.75. The molecule has 0 bridgehead atoms. The van der Waals surface area contributed by atoms with Gasteiger partial charge in [-0.3, -0.25) is 0 Å². The molecule has 3 nitrogen and oxygen atoms in total. The Kier molecular flexibility index (Phi) is 3.70. The van der Waals surface area contributed by atoms with E-state index in [1.807, 2.05) is 19.1 Å². The highest BCUT2D eigenvalue weighted by Crippen LogP contribution is 2.21. The maximum Gasteiger partial charge on any atom is 0.198 e. The molecule has 0 unspecified atom stereocenters. The van der Waals surface area contributed by atoms with Gasteiger partial charge in [-0.25, -0.2) is 4.99 Å². The average molecular weight is 222 g/mol. The first-order valence-electron chi connectivity index (χ1n) is 4.47. The van der Waals surface area contributed by atoms with E-state index in [1.54, 1.807) is 25.1 Å². The summed E-state index contributed by atoms with van der Waals surface area (Å²) in [5.41, 5.74) is 2.19. The lowest BCUT2D eigenvalue weighted by atomic mass is 10.1. The highest BCUT2D eigenvalue weighted by atomic mass is 35.5. The lowest BCUT2D eigenvalue weighted by Gasteiger charge is -2.09. The number of amidine groups is 1. The van der Waals surface area contributed by atoms with Gasteiger partial charge in [-0.05, 0) is 36.2 Å². The van der Waals surface area contributed by atoms with Crippen LogP contribution in [0.1, 0.15) is 11.1 Å². The number of nitrogens with zero attached hydrogens (tertiary/aromatic N) is 3. The number of benzene rings is 1. The van der Waals surface area contributed by atoms with E-state index in [-0.39, 0.29) is 0 Å². The maximum absolute atomic E-state index is 8.88. The smallest absolute Gasteiger partial charge is 0.198 e. The van der Waals surface area contributed by atoms with Crippen LogP contribution in [0.3, 0.4) is 0 Å². The van der Waals surface area contributed by atoms with E-state index in [9.17, 15) is 0 Å². The molecular formula is C11H12ClN3. The summed E-state index contributed by atoms with van der Waals surface area (Å²) < 4.78 is 0. The summed E-state index contributed by atoms with van der Waals surface area (Å²) >= 11 is 5.90. The Balaban J connectivity index is 3.19. The van der Waals surface area contributed by atoms with Crippen molar-refractivity contribution in [1.29, 1.82) is 5.26 Å². The second-order valence-electron chi connectivity index (χ2n) is 3.41. The molecule has 0 amide bonds. The molecule has 0 heterocycles. The van der Waals surface area contributed by atoms with E-state index in [1.165, 1.54) is 0 Å². The zero-order valence-electron chi connectivity index (χ0n) is 8.95. The first-order valence-corrected chi connectivity index (χ1v) is 4.84. The van der Waals surface area contributed by atoms with Gasteiger partial charge >= 0.3 is 0 Å². The summed E-state index contributed by atoms with van der Waals surface area (Å²) in [5.74, 6) is 0. The Morgan fingerprint density at radius 1 is 1.47 bits per heavy atom. The fraction of sp³-hybridized carbons (Fsp3) is 0.273. The molecule has 0 aliphatic rings. The first kappa shape index (κ1) is 11.5. The molecule has 4 heteroatoms. The van der Waals surface area contributed by atoms with Crippen molar-refractivity contribution in [2.75, 3.05) is 14.1 Å². The van der Waals surface area contributed by atoms with Crippen molar-refractivity contribution in [1.82, 2.24) is 4.90 Å². The molecule has 0 aromatic heterocycles. The fourth-order valence-corrected chi connectivity index (χ4v) is 1.12. The minimum Gasteiger partial charge on any atom is -0.353 e. The van der Waals surface area contributed by atoms with E-state index in [2.05, 4.69) is 11.1 Å².